The lowest BCUT2D eigenvalue weighted by Gasteiger charge is -2.33. The van der Waals surface area contributed by atoms with Gasteiger partial charge in [-0.3, -0.25) is 4.90 Å². The van der Waals surface area contributed by atoms with Crippen molar-refractivity contribution >= 4 is 6.09 Å². The molecule has 2 rings (SSSR count). The third-order valence-corrected chi connectivity index (χ3v) is 3.93. The van der Waals surface area contributed by atoms with Gasteiger partial charge >= 0.3 is 12.3 Å². The van der Waals surface area contributed by atoms with Crippen LogP contribution in [0.4, 0.5) is 18.0 Å². The number of hydrogen-bond donors (Lipinski definition) is 2. The van der Waals surface area contributed by atoms with E-state index in [-0.39, 0.29) is 18.1 Å². The molecule has 23 heavy (non-hydrogen) atoms. The van der Waals surface area contributed by atoms with E-state index in [0.29, 0.717) is 25.9 Å². The molecular formula is C15H26F3N3O2. The molecule has 1 aliphatic heterocycles. The third-order valence-electron chi connectivity index (χ3n) is 3.93. The lowest BCUT2D eigenvalue weighted by molar-refractivity contribution is -0.148. The molecule has 1 aliphatic carbocycles. The minimum Gasteiger partial charge on any atom is -0.444 e. The first-order valence-corrected chi connectivity index (χ1v) is 8.06. The lowest BCUT2D eigenvalue weighted by Crippen LogP contribution is -2.47. The molecule has 8 heteroatoms. The third kappa shape index (κ3) is 6.95. The maximum atomic E-state index is 12.3. The Bertz CT molecular complexity index is 415. The summed E-state index contributed by atoms with van der Waals surface area (Å²) in [6, 6.07) is 0.467. The fourth-order valence-corrected chi connectivity index (χ4v) is 2.81. The Balaban J connectivity index is 1.62. The SMILES string of the molecule is CC(C)(C)OC(=O)NC1CC1NC1CCN(CC(F)(F)F)CC1. The molecular weight excluding hydrogens is 311 g/mol. The van der Waals surface area contributed by atoms with Gasteiger partial charge in [0.05, 0.1) is 6.54 Å². The summed E-state index contributed by atoms with van der Waals surface area (Å²) in [5.74, 6) is 0. The Labute approximate surface area is 134 Å². The van der Waals surface area contributed by atoms with E-state index in [1.807, 2.05) is 20.8 Å². The number of halogens is 3. The molecule has 1 heterocycles. The Morgan fingerprint density at radius 1 is 1.17 bits per heavy atom. The molecule has 0 spiro atoms. The minimum absolute atomic E-state index is 0.0538. The van der Waals surface area contributed by atoms with Crippen LogP contribution in [0.1, 0.15) is 40.0 Å². The largest absolute Gasteiger partial charge is 0.444 e. The summed E-state index contributed by atoms with van der Waals surface area (Å²) in [4.78, 5) is 13.1. The van der Waals surface area contributed by atoms with Crippen molar-refractivity contribution in [3.8, 4) is 0 Å². The number of piperidine rings is 1. The average molecular weight is 337 g/mol. The maximum absolute atomic E-state index is 12.3. The molecule has 134 valence electrons. The summed E-state index contributed by atoms with van der Waals surface area (Å²) < 4.78 is 42.2. The number of alkyl halides is 3. The summed E-state index contributed by atoms with van der Waals surface area (Å²) in [6.45, 7) is 5.51. The lowest BCUT2D eigenvalue weighted by atomic mass is 10.1. The number of amides is 1. The summed E-state index contributed by atoms with van der Waals surface area (Å²) in [5.41, 5.74) is -0.521. The molecule has 2 fully saturated rings. The van der Waals surface area contributed by atoms with E-state index in [9.17, 15) is 18.0 Å². The summed E-state index contributed by atoms with van der Waals surface area (Å²) in [7, 11) is 0. The second kappa shape index (κ2) is 6.84. The molecule has 1 amide bonds. The topological polar surface area (TPSA) is 53.6 Å². The highest BCUT2D eigenvalue weighted by Crippen LogP contribution is 2.25. The molecule has 2 aliphatic rings. The van der Waals surface area contributed by atoms with E-state index in [0.717, 1.165) is 6.42 Å². The van der Waals surface area contributed by atoms with Gasteiger partial charge < -0.3 is 15.4 Å². The molecule has 1 saturated heterocycles. The normalized spacial score (nSPS) is 26.9. The van der Waals surface area contributed by atoms with Crippen molar-refractivity contribution in [2.45, 2.75) is 69.9 Å². The predicted octanol–water partition coefficient (Wildman–Crippen LogP) is 2.27. The van der Waals surface area contributed by atoms with Gasteiger partial charge in [0, 0.05) is 18.1 Å². The number of nitrogens with zero attached hydrogens (tertiary/aromatic N) is 1. The van der Waals surface area contributed by atoms with Crippen LogP contribution in [0, 0.1) is 0 Å². The van der Waals surface area contributed by atoms with E-state index in [1.54, 1.807) is 0 Å². The van der Waals surface area contributed by atoms with Crippen LogP contribution < -0.4 is 10.6 Å². The first-order chi connectivity index (χ1) is 10.5. The van der Waals surface area contributed by atoms with Gasteiger partial charge in [0.2, 0.25) is 0 Å². The molecule has 2 atom stereocenters. The molecule has 1 saturated carbocycles. The van der Waals surface area contributed by atoms with E-state index in [4.69, 9.17) is 4.74 Å². The number of carbonyl (C=O) groups is 1. The van der Waals surface area contributed by atoms with Crippen LogP contribution in [-0.4, -0.2) is 60.5 Å². The molecule has 2 N–H and O–H groups in total. The Morgan fingerprint density at radius 2 is 1.78 bits per heavy atom. The number of likely N-dealkylation sites (tertiary alicyclic amines) is 1. The number of ether oxygens (including phenoxy) is 1. The van der Waals surface area contributed by atoms with Gasteiger partial charge in [0.15, 0.2) is 0 Å². The second-order valence-electron chi connectivity index (χ2n) is 7.43. The Morgan fingerprint density at radius 3 is 2.30 bits per heavy atom. The fourth-order valence-electron chi connectivity index (χ4n) is 2.81. The summed E-state index contributed by atoms with van der Waals surface area (Å²) in [5, 5.41) is 6.22. The molecule has 0 aromatic heterocycles. The van der Waals surface area contributed by atoms with E-state index in [1.165, 1.54) is 4.90 Å². The van der Waals surface area contributed by atoms with Gasteiger partial charge in [-0.25, -0.2) is 4.79 Å². The van der Waals surface area contributed by atoms with Gasteiger partial charge in [-0.15, -0.1) is 0 Å². The van der Waals surface area contributed by atoms with Crippen LogP contribution in [0.5, 0.6) is 0 Å². The molecule has 2 unspecified atom stereocenters. The van der Waals surface area contributed by atoms with Gasteiger partial charge in [-0.2, -0.15) is 13.2 Å². The van der Waals surface area contributed by atoms with Crippen molar-refractivity contribution in [3.05, 3.63) is 0 Å². The van der Waals surface area contributed by atoms with Crippen LogP contribution in [0.2, 0.25) is 0 Å². The highest BCUT2D eigenvalue weighted by Gasteiger charge is 2.41. The quantitative estimate of drug-likeness (QED) is 0.826. The zero-order valence-corrected chi connectivity index (χ0v) is 13.9. The van der Waals surface area contributed by atoms with Crippen molar-refractivity contribution in [3.63, 3.8) is 0 Å². The number of nitrogens with one attached hydrogen (secondary N) is 2. The van der Waals surface area contributed by atoms with E-state index >= 15 is 0 Å². The van der Waals surface area contributed by atoms with E-state index in [2.05, 4.69) is 10.6 Å². The van der Waals surface area contributed by atoms with Crippen LogP contribution in [0.15, 0.2) is 0 Å². The van der Waals surface area contributed by atoms with Crippen LogP contribution >= 0.6 is 0 Å². The van der Waals surface area contributed by atoms with Gasteiger partial charge in [-0.1, -0.05) is 0 Å². The monoisotopic (exact) mass is 337 g/mol. The van der Waals surface area contributed by atoms with Crippen molar-refractivity contribution < 1.29 is 22.7 Å². The Kier molecular flexibility index (Phi) is 5.45. The molecule has 0 aromatic rings. The standard InChI is InChI=1S/C15H26F3N3O2/c1-14(2,3)23-13(22)20-12-8-11(12)19-10-4-6-21(7-5-10)9-15(16,17)18/h10-12,19H,4-9H2,1-3H3,(H,20,22). The van der Waals surface area contributed by atoms with E-state index < -0.39 is 24.4 Å². The molecule has 0 bridgehead atoms. The second-order valence-corrected chi connectivity index (χ2v) is 7.43. The first kappa shape index (κ1) is 18.3. The van der Waals surface area contributed by atoms with Crippen LogP contribution in [0.25, 0.3) is 0 Å². The van der Waals surface area contributed by atoms with Gasteiger partial charge in [-0.05, 0) is 53.1 Å². The molecule has 0 aromatic carbocycles. The summed E-state index contributed by atoms with van der Waals surface area (Å²) in [6.07, 6.45) is -2.31. The highest BCUT2D eigenvalue weighted by molar-refractivity contribution is 5.68. The van der Waals surface area contributed by atoms with Crippen molar-refractivity contribution in [2.24, 2.45) is 0 Å². The Hall–Kier alpha value is -1.02. The highest BCUT2D eigenvalue weighted by atomic mass is 19.4. The number of alkyl carbamates (subject to hydrolysis) is 1. The number of hydrogen-bond acceptors (Lipinski definition) is 4. The first-order valence-electron chi connectivity index (χ1n) is 8.06. The number of carbonyl (C=O) groups excluding carboxylic acids is 1. The fraction of sp³-hybridized carbons (Fsp3) is 0.933. The van der Waals surface area contributed by atoms with Gasteiger partial charge in [0.1, 0.15) is 5.60 Å². The predicted molar refractivity (Wildman–Crippen MR) is 80.2 cm³/mol. The summed E-state index contributed by atoms with van der Waals surface area (Å²) >= 11 is 0. The van der Waals surface area contributed by atoms with Crippen LogP contribution in [-0.2, 0) is 4.74 Å². The average Bonchev–Trinajstić information content (AvgIpc) is 3.05. The molecule has 5 nitrogen and oxygen atoms in total. The van der Waals surface area contributed by atoms with Gasteiger partial charge in [0.25, 0.3) is 0 Å². The minimum atomic E-state index is -4.13. The van der Waals surface area contributed by atoms with Crippen molar-refractivity contribution in [1.82, 2.24) is 15.5 Å². The zero-order chi connectivity index (χ0) is 17.3. The van der Waals surface area contributed by atoms with Crippen LogP contribution in [0.3, 0.4) is 0 Å². The van der Waals surface area contributed by atoms with Crippen molar-refractivity contribution in [1.29, 1.82) is 0 Å². The smallest absolute Gasteiger partial charge is 0.407 e. The molecule has 0 radical (unpaired) electrons. The zero-order valence-electron chi connectivity index (χ0n) is 13.9. The number of rotatable bonds is 4. The van der Waals surface area contributed by atoms with Crippen molar-refractivity contribution in [2.75, 3.05) is 19.6 Å². The maximum Gasteiger partial charge on any atom is 0.407 e.